The van der Waals surface area contributed by atoms with Crippen LogP contribution in [0.2, 0.25) is 0 Å². The summed E-state index contributed by atoms with van der Waals surface area (Å²) < 4.78 is 18.2. The number of Topliss-reactive ketones (excluding diaryl/α,β-unsaturated/α-hetero) is 4. The molecule has 0 aliphatic rings. The predicted octanol–water partition coefficient (Wildman–Crippen LogP) is -4.10. The molecule has 0 spiro atoms. The fourth-order valence-electron chi connectivity index (χ4n) is 5.92. The Balaban J connectivity index is 0. The summed E-state index contributed by atoms with van der Waals surface area (Å²) in [6, 6.07) is 0. The third kappa shape index (κ3) is 35.4. The van der Waals surface area contributed by atoms with Crippen molar-refractivity contribution >= 4 is 94.3 Å². The van der Waals surface area contributed by atoms with E-state index in [-0.39, 0.29) is 101 Å². The van der Waals surface area contributed by atoms with Gasteiger partial charge in [0.05, 0.1) is 61.2 Å². The molecule has 428 valence electrons. The van der Waals surface area contributed by atoms with E-state index in [2.05, 4.69) is 45.5 Å². The highest BCUT2D eigenvalue weighted by Crippen LogP contribution is 2.05. The van der Waals surface area contributed by atoms with Crippen LogP contribution in [0.25, 0.3) is 0 Å². The van der Waals surface area contributed by atoms with Crippen LogP contribution in [0.5, 0.6) is 0 Å². The number of carbonyl (C=O) groups excluding carboxylic acids is 16. The van der Waals surface area contributed by atoms with Crippen LogP contribution in [0.15, 0.2) is 0 Å². The van der Waals surface area contributed by atoms with E-state index in [1.54, 1.807) is 14.0 Å². The van der Waals surface area contributed by atoms with Crippen molar-refractivity contribution in [3.8, 4) is 0 Å². The van der Waals surface area contributed by atoms with Gasteiger partial charge in [-0.25, -0.2) is 0 Å². The van der Waals surface area contributed by atoms with E-state index in [1.807, 2.05) is 6.92 Å². The lowest BCUT2D eigenvalue weighted by molar-refractivity contribution is -0.148. The average Bonchev–Trinajstić information content (AvgIpc) is 3.37. The van der Waals surface area contributed by atoms with Crippen LogP contribution in [0, 0.1) is 0 Å². The number of carbonyl (C=O) groups is 16. The number of hydrogen-bond acceptors (Lipinski definition) is 21. The van der Waals surface area contributed by atoms with Crippen molar-refractivity contribution in [2.75, 3.05) is 121 Å². The number of ether oxygens (including phenoxy) is 4. The van der Waals surface area contributed by atoms with Crippen molar-refractivity contribution in [3.63, 3.8) is 0 Å². The molecule has 8 amide bonds. The fraction of sp³-hybridized carbons (Fsp3) is 0.660. The molecule has 0 rings (SSSR count). The predicted molar refractivity (Wildman–Crippen MR) is 264 cm³/mol. The summed E-state index contributed by atoms with van der Waals surface area (Å²) in [6.07, 6.45) is -0.398. The van der Waals surface area contributed by atoms with Crippen LogP contribution < -0.4 is 26.6 Å². The molecular weight excluding hydrogens is 1010 g/mol. The number of rotatable bonds is 38. The maximum Gasteiger partial charge on any atom is 0.325 e. The van der Waals surface area contributed by atoms with Crippen molar-refractivity contribution in [1.82, 2.24) is 46.2 Å². The summed E-state index contributed by atoms with van der Waals surface area (Å²) in [6.45, 7) is 0.542. The van der Waals surface area contributed by atoms with Crippen LogP contribution in [-0.4, -0.2) is 234 Å². The third-order valence-electron chi connectivity index (χ3n) is 10.00. The number of likely N-dealkylation sites (N-methyl/N-ethyl adjacent to an activating group) is 2. The van der Waals surface area contributed by atoms with Crippen molar-refractivity contribution in [2.24, 2.45) is 0 Å². The standard InChI is InChI=1S/C34H52N6O15.C13H23N3O5/c1-23(41)8-12-29(47)38(20-32(50)53-3)17-25(43)7-6-14-36-28(46)19-40(22-34(52)55-5)31(49)16-37-27(45)11-9-26(44)18-39(21-33(51)54-4)30(48)13-10-24(42)15-35-2;1-4-6-10(17)15-7-12(19)16(9-13(20)21-3)8-11(18)14-5-2/h35H,6-22H2,1-5H3,(H,36,46)(H,37,45);4-9H2,1-3H3,(H,14,18)(H,15,17). The van der Waals surface area contributed by atoms with Gasteiger partial charge in [-0.3, -0.25) is 71.9 Å². The van der Waals surface area contributed by atoms with Crippen LogP contribution in [0.1, 0.15) is 85.0 Å². The number of amides is 8. The van der Waals surface area contributed by atoms with Gasteiger partial charge in [-0.2, -0.15) is 0 Å². The Hall–Kier alpha value is -7.72. The third-order valence-corrected chi connectivity index (χ3v) is 10.00. The zero-order valence-corrected chi connectivity index (χ0v) is 44.7. The zero-order chi connectivity index (χ0) is 58.2. The molecule has 0 aliphatic heterocycles. The lowest BCUT2D eigenvalue weighted by Gasteiger charge is -2.22. The minimum atomic E-state index is -0.865. The van der Waals surface area contributed by atoms with Gasteiger partial charge in [0.2, 0.25) is 47.3 Å². The molecule has 0 unspecified atom stereocenters. The molecule has 0 saturated heterocycles. The molecule has 76 heavy (non-hydrogen) atoms. The Labute approximate surface area is 440 Å². The quantitative estimate of drug-likeness (QED) is 0.0223. The Morgan fingerprint density at radius 2 is 0.750 bits per heavy atom. The van der Waals surface area contributed by atoms with Crippen molar-refractivity contribution in [2.45, 2.75) is 85.0 Å². The first-order valence-corrected chi connectivity index (χ1v) is 24.0. The number of ketones is 4. The van der Waals surface area contributed by atoms with E-state index in [0.717, 1.165) is 40.9 Å². The smallest absolute Gasteiger partial charge is 0.325 e. The van der Waals surface area contributed by atoms with Gasteiger partial charge in [0.15, 0.2) is 11.6 Å². The summed E-state index contributed by atoms with van der Waals surface area (Å²) in [4.78, 5) is 196. The summed E-state index contributed by atoms with van der Waals surface area (Å²) in [7, 11) is 6.03. The second-order valence-corrected chi connectivity index (χ2v) is 16.4. The number of esters is 4. The Morgan fingerprint density at radius 3 is 1.14 bits per heavy atom. The van der Waals surface area contributed by atoms with E-state index in [1.165, 1.54) is 14.0 Å². The van der Waals surface area contributed by atoms with Gasteiger partial charge in [-0.05, 0) is 33.7 Å². The molecule has 0 fully saturated rings. The Kier molecular flexibility index (Phi) is 38.5. The van der Waals surface area contributed by atoms with Gasteiger partial charge >= 0.3 is 23.9 Å². The van der Waals surface area contributed by atoms with Gasteiger partial charge in [-0.1, -0.05) is 6.92 Å². The number of methoxy groups -OCH3 is 4. The fourth-order valence-corrected chi connectivity index (χ4v) is 5.92. The van der Waals surface area contributed by atoms with E-state index in [9.17, 15) is 76.7 Å². The van der Waals surface area contributed by atoms with E-state index in [4.69, 9.17) is 0 Å². The highest BCUT2D eigenvalue weighted by molar-refractivity contribution is 5.95. The molecule has 0 saturated carbocycles. The highest BCUT2D eigenvalue weighted by atomic mass is 16.5. The SMILES string of the molecule is CCCC(=O)NCC(=O)N(CC(=O)NCC)CC(=O)OC.CNCC(=O)CCC(=O)N(CC(=O)CCC(=O)NCC(=O)N(CC(=O)NCCCC(=O)CN(CC(=O)OC)C(=O)CCC(C)=O)CC(=O)OC)CC(=O)OC. The van der Waals surface area contributed by atoms with Crippen molar-refractivity contribution in [3.05, 3.63) is 0 Å². The van der Waals surface area contributed by atoms with Gasteiger partial charge < -0.3 is 69.9 Å². The summed E-state index contributed by atoms with van der Waals surface area (Å²) in [5, 5.41) is 12.4. The molecule has 0 heterocycles. The lowest BCUT2D eigenvalue weighted by atomic mass is 10.1. The highest BCUT2D eigenvalue weighted by Gasteiger charge is 2.25. The average molecular weight is 1090 g/mol. The summed E-state index contributed by atoms with van der Waals surface area (Å²) in [5.41, 5.74) is 0. The molecule has 29 heteroatoms. The minimum Gasteiger partial charge on any atom is -0.468 e. The van der Waals surface area contributed by atoms with Crippen LogP contribution in [0.4, 0.5) is 0 Å². The van der Waals surface area contributed by atoms with Crippen LogP contribution >= 0.6 is 0 Å². The van der Waals surface area contributed by atoms with Crippen molar-refractivity contribution in [1.29, 1.82) is 0 Å². The second-order valence-electron chi connectivity index (χ2n) is 16.4. The molecule has 29 nitrogen and oxygen atoms in total. The molecule has 5 N–H and O–H groups in total. The molecule has 0 aromatic rings. The largest absolute Gasteiger partial charge is 0.468 e. The molecular formula is C47H75N9O20. The lowest BCUT2D eigenvalue weighted by Crippen LogP contribution is -2.47. The molecule has 0 bridgehead atoms. The molecule has 0 aliphatic carbocycles. The zero-order valence-electron chi connectivity index (χ0n) is 44.7. The first kappa shape index (κ1) is 70.4. The second kappa shape index (κ2) is 41.6. The summed E-state index contributed by atoms with van der Waals surface area (Å²) >= 11 is 0. The van der Waals surface area contributed by atoms with Gasteiger partial charge in [0, 0.05) is 64.5 Å². The Morgan fingerprint density at radius 1 is 0.368 bits per heavy atom. The maximum absolute atomic E-state index is 12.8. The van der Waals surface area contributed by atoms with E-state index < -0.39 is 123 Å². The molecule has 0 radical (unpaired) electrons. The van der Waals surface area contributed by atoms with Gasteiger partial charge in [-0.15, -0.1) is 0 Å². The number of nitrogens with zero attached hydrogens (tertiary/aromatic N) is 4. The molecule has 0 atom stereocenters. The number of nitrogens with one attached hydrogen (secondary N) is 5. The molecule has 0 aromatic heterocycles. The maximum atomic E-state index is 12.8. The van der Waals surface area contributed by atoms with Crippen molar-refractivity contribution < 1.29 is 95.7 Å². The first-order chi connectivity index (χ1) is 35.9. The summed E-state index contributed by atoms with van der Waals surface area (Å²) in [5.74, 6) is -9.25. The van der Waals surface area contributed by atoms with E-state index in [0.29, 0.717) is 19.4 Å². The molecule has 0 aromatic carbocycles. The van der Waals surface area contributed by atoms with Crippen LogP contribution in [-0.2, 0) is 95.7 Å². The van der Waals surface area contributed by atoms with Gasteiger partial charge in [0.1, 0.15) is 50.8 Å². The topological polar surface area (TPSA) is 383 Å². The van der Waals surface area contributed by atoms with E-state index >= 15 is 0 Å². The normalized spacial score (nSPS) is 10.1. The monoisotopic (exact) mass is 1090 g/mol. The number of hydrogen-bond donors (Lipinski definition) is 5. The Bertz CT molecular complexity index is 2030. The van der Waals surface area contributed by atoms with Crippen LogP contribution in [0.3, 0.4) is 0 Å². The minimum absolute atomic E-state index is 0.0393. The van der Waals surface area contributed by atoms with Gasteiger partial charge in [0.25, 0.3) is 0 Å². The first-order valence-electron chi connectivity index (χ1n) is 24.0.